The molecule has 0 unspecified atom stereocenters. The van der Waals surface area contributed by atoms with Crippen molar-refractivity contribution < 1.29 is 9.53 Å². The largest absolute Gasteiger partial charge is 0.496 e. The van der Waals surface area contributed by atoms with E-state index in [9.17, 15) is 4.79 Å². The Bertz CT molecular complexity index is 355. The molecule has 0 radical (unpaired) electrons. The summed E-state index contributed by atoms with van der Waals surface area (Å²) in [7, 11) is 1.59. The van der Waals surface area contributed by atoms with Crippen molar-refractivity contribution >= 4 is 27.6 Å². The predicted octanol–water partition coefficient (Wildman–Crippen LogP) is 2.60. The Morgan fingerprint density at radius 1 is 1.53 bits per heavy atom. The highest BCUT2D eigenvalue weighted by molar-refractivity contribution is 9.10. The molecule has 0 saturated heterocycles. The number of carbonyl (C=O) groups is 1. The molecule has 0 spiro atoms. The lowest BCUT2D eigenvalue weighted by Gasteiger charge is -2.08. The number of ether oxygens (including phenoxy) is 1. The van der Waals surface area contributed by atoms with Crippen LogP contribution in [-0.4, -0.2) is 19.7 Å². The van der Waals surface area contributed by atoms with Crippen LogP contribution in [0.3, 0.4) is 0 Å². The van der Waals surface area contributed by atoms with Crippen LogP contribution < -0.4 is 15.4 Å². The van der Waals surface area contributed by atoms with Crippen LogP contribution >= 0.6 is 15.9 Å². The Hall–Kier alpha value is -1.23. The van der Waals surface area contributed by atoms with Gasteiger partial charge >= 0.3 is 6.03 Å². The lowest BCUT2D eigenvalue weighted by Crippen LogP contribution is -2.28. The van der Waals surface area contributed by atoms with Gasteiger partial charge < -0.3 is 15.4 Å². The molecule has 1 aromatic carbocycles. The van der Waals surface area contributed by atoms with Gasteiger partial charge in [-0.05, 0) is 41.1 Å². The molecule has 4 nitrogen and oxygen atoms in total. The van der Waals surface area contributed by atoms with Gasteiger partial charge in [0.05, 0.1) is 11.6 Å². The second-order valence-electron chi connectivity index (χ2n) is 2.83. The molecule has 0 heterocycles. The van der Waals surface area contributed by atoms with Crippen LogP contribution in [0.4, 0.5) is 10.5 Å². The van der Waals surface area contributed by atoms with E-state index in [0.717, 1.165) is 10.2 Å². The fourth-order valence-corrected chi connectivity index (χ4v) is 1.62. The van der Waals surface area contributed by atoms with Crippen LogP contribution in [0.15, 0.2) is 22.7 Å². The Balaban J connectivity index is 2.71. The first-order chi connectivity index (χ1) is 7.17. The van der Waals surface area contributed by atoms with Crippen molar-refractivity contribution in [3.63, 3.8) is 0 Å². The second-order valence-corrected chi connectivity index (χ2v) is 3.69. The molecule has 0 aliphatic heterocycles. The standard InChI is InChI=1S/C10H13BrN2O2/c1-3-12-10(14)13-7-4-5-9(15-2)8(11)6-7/h4-6H,3H2,1-2H3,(H2,12,13,14). The molecule has 5 heteroatoms. The molecular formula is C10H13BrN2O2. The minimum absolute atomic E-state index is 0.213. The van der Waals surface area contributed by atoms with E-state index in [0.29, 0.717) is 12.2 Å². The van der Waals surface area contributed by atoms with E-state index in [1.165, 1.54) is 0 Å². The molecule has 1 aromatic rings. The summed E-state index contributed by atoms with van der Waals surface area (Å²) in [6, 6.07) is 5.13. The van der Waals surface area contributed by atoms with E-state index >= 15 is 0 Å². The van der Waals surface area contributed by atoms with Crippen molar-refractivity contribution in [2.24, 2.45) is 0 Å². The molecule has 0 fully saturated rings. The minimum atomic E-state index is -0.213. The minimum Gasteiger partial charge on any atom is -0.496 e. The summed E-state index contributed by atoms with van der Waals surface area (Å²) in [6.45, 7) is 2.46. The smallest absolute Gasteiger partial charge is 0.319 e. The number of anilines is 1. The fourth-order valence-electron chi connectivity index (χ4n) is 1.08. The molecule has 2 N–H and O–H groups in total. The molecule has 82 valence electrons. The summed E-state index contributed by atoms with van der Waals surface area (Å²) in [5.74, 6) is 0.733. The Morgan fingerprint density at radius 3 is 2.80 bits per heavy atom. The van der Waals surface area contributed by atoms with Gasteiger partial charge in [0.25, 0.3) is 0 Å². The summed E-state index contributed by atoms with van der Waals surface area (Å²) < 4.78 is 5.88. The van der Waals surface area contributed by atoms with Crippen LogP contribution in [0.25, 0.3) is 0 Å². The average molecular weight is 273 g/mol. The molecule has 0 aromatic heterocycles. The number of amides is 2. The van der Waals surface area contributed by atoms with Gasteiger partial charge in [-0.1, -0.05) is 0 Å². The van der Waals surface area contributed by atoms with Gasteiger partial charge in [0.15, 0.2) is 0 Å². The van der Waals surface area contributed by atoms with Crippen LogP contribution in [0.2, 0.25) is 0 Å². The Morgan fingerprint density at radius 2 is 2.27 bits per heavy atom. The molecule has 1 rings (SSSR count). The molecule has 2 amide bonds. The quantitative estimate of drug-likeness (QED) is 0.889. The topological polar surface area (TPSA) is 50.4 Å². The van der Waals surface area contributed by atoms with Crippen LogP contribution in [0.1, 0.15) is 6.92 Å². The van der Waals surface area contributed by atoms with Crippen LogP contribution in [0.5, 0.6) is 5.75 Å². The van der Waals surface area contributed by atoms with Gasteiger partial charge in [-0.3, -0.25) is 0 Å². The van der Waals surface area contributed by atoms with Crippen LogP contribution in [0, 0.1) is 0 Å². The van der Waals surface area contributed by atoms with E-state index in [1.54, 1.807) is 25.3 Å². The van der Waals surface area contributed by atoms with Crippen molar-refractivity contribution in [3.05, 3.63) is 22.7 Å². The Labute approximate surface area is 97.1 Å². The summed E-state index contributed by atoms with van der Waals surface area (Å²) >= 11 is 3.34. The number of hydrogen-bond acceptors (Lipinski definition) is 2. The average Bonchev–Trinajstić information content (AvgIpc) is 2.18. The normalized spacial score (nSPS) is 9.53. The van der Waals surface area contributed by atoms with Crippen molar-refractivity contribution in [2.75, 3.05) is 19.0 Å². The third-order valence-corrected chi connectivity index (χ3v) is 2.37. The lowest BCUT2D eigenvalue weighted by atomic mass is 10.3. The first-order valence-electron chi connectivity index (χ1n) is 4.55. The number of rotatable bonds is 3. The lowest BCUT2D eigenvalue weighted by molar-refractivity contribution is 0.252. The number of hydrogen-bond donors (Lipinski definition) is 2. The molecule has 0 aliphatic carbocycles. The highest BCUT2D eigenvalue weighted by atomic mass is 79.9. The van der Waals surface area contributed by atoms with Crippen molar-refractivity contribution in [1.29, 1.82) is 0 Å². The first kappa shape index (κ1) is 11.8. The zero-order valence-electron chi connectivity index (χ0n) is 8.63. The third kappa shape index (κ3) is 3.43. The van der Waals surface area contributed by atoms with Crippen molar-refractivity contribution in [1.82, 2.24) is 5.32 Å². The zero-order chi connectivity index (χ0) is 11.3. The summed E-state index contributed by atoms with van der Waals surface area (Å²) in [5.41, 5.74) is 0.716. The molecule has 15 heavy (non-hydrogen) atoms. The summed E-state index contributed by atoms with van der Waals surface area (Å²) in [6.07, 6.45) is 0. The second kappa shape index (κ2) is 5.60. The first-order valence-corrected chi connectivity index (χ1v) is 5.35. The van der Waals surface area contributed by atoms with E-state index in [4.69, 9.17) is 4.74 Å². The fraction of sp³-hybridized carbons (Fsp3) is 0.300. The maximum Gasteiger partial charge on any atom is 0.319 e. The van der Waals surface area contributed by atoms with E-state index in [2.05, 4.69) is 26.6 Å². The SMILES string of the molecule is CCNC(=O)Nc1ccc(OC)c(Br)c1. The number of halogens is 1. The summed E-state index contributed by atoms with van der Waals surface area (Å²) in [4.78, 5) is 11.2. The third-order valence-electron chi connectivity index (χ3n) is 1.75. The van der Waals surface area contributed by atoms with E-state index < -0.39 is 0 Å². The molecule has 0 saturated carbocycles. The highest BCUT2D eigenvalue weighted by Gasteiger charge is 2.03. The number of benzene rings is 1. The van der Waals surface area contributed by atoms with Crippen LogP contribution in [-0.2, 0) is 0 Å². The number of nitrogens with one attached hydrogen (secondary N) is 2. The van der Waals surface area contributed by atoms with Gasteiger partial charge in [0.1, 0.15) is 5.75 Å². The Kier molecular flexibility index (Phi) is 4.42. The number of urea groups is 1. The van der Waals surface area contributed by atoms with Gasteiger partial charge in [0, 0.05) is 12.2 Å². The van der Waals surface area contributed by atoms with Gasteiger partial charge in [-0.2, -0.15) is 0 Å². The molecule has 0 atom stereocenters. The molecule has 0 bridgehead atoms. The van der Waals surface area contributed by atoms with Gasteiger partial charge in [-0.15, -0.1) is 0 Å². The van der Waals surface area contributed by atoms with Crippen molar-refractivity contribution in [3.8, 4) is 5.75 Å². The van der Waals surface area contributed by atoms with Crippen molar-refractivity contribution in [2.45, 2.75) is 6.92 Å². The molecular weight excluding hydrogens is 260 g/mol. The predicted molar refractivity (Wildman–Crippen MR) is 63.4 cm³/mol. The number of carbonyl (C=O) groups excluding carboxylic acids is 1. The van der Waals surface area contributed by atoms with E-state index in [-0.39, 0.29) is 6.03 Å². The van der Waals surface area contributed by atoms with E-state index in [1.807, 2.05) is 6.92 Å². The van der Waals surface area contributed by atoms with Gasteiger partial charge in [-0.25, -0.2) is 4.79 Å². The monoisotopic (exact) mass is 272 g/mol. The zero-order valence-corrected chi connectivity index (χ0v) is 10.2. The maximum atomic E-state index is 11.2. The number of methoxy groups -OCH3 is 1. The molecule has 0 aliphatic rings. The summed E-state index contributed by atoms with van der Waals surface area (Å²) in [5, 5.41) is 5.34. The van der Waals surface area contributed by atoms with Gasteiger partial charge in [0.2, 0.25) is 0 Å². The maximum absolute atomic E-state index is 11.2. The highest BCUT2D eigenvalue weighted by Crippen LogP contribution is 2.27.